The molecular formula is C70H71BN2SSi. The second-order valence-corrected chi connectivity index (χ2v) is 29.7. The average Bonchev–Trinajstić information content (AvgIpc) is 3.83. The molecule has 0 amide bonds. The first-order valence-corrected chi connectivity index (χ1v) is 31.1. The van der Waals surface area contributed by atoms with E-state index in [1.807, 2.05) is 0 Å². The molecule has 374 valence electrons. The average molecular weight is 1010 g/mol. The summed E-state index contributed by atoms with van der Waals surface area (Å²) in [5, 5.41) is 5.79. The zero-order valence-electron chi connectivity index (χ0n) is 45.3. The van der Waals surface area contributed by atoms with E-state index in [-0.39, 0.29) is 17.5 Å². The molecule has 13 rings (SSSR count). The molecule has 75 heavy (non-hydrogen) atoms. The number of allylic oxidation sites excluding steroid dienone is 11. The summed E-state index contributed by atoms with van der Waals surface area (Å²) >= 11 is 2.07. The molecule has 2 atom stereocenters. The summed E-state index contributed by atoms with van der Waals surface area (Å²) in [6.07, 6.45) is 30.6. The van der Waals surface area contributed by atoms with Crippen LogP contribution in [0.15, 0.2) is 194 Å². The molecule has 2 unspecified atom stereocenters. The number of thiophene rings is 1. The zero-order chi connectivity index (χ0) is 51.4. The van der Waals surface area contributed by atoms with Crippen LogP contribution < -0.4 is 41.1 Å². The Labute approximate surface area is 452 Å². The van der Waals surface area contributed by atoms with Crippen molar-refractivity contribution in [2.24, 2.45) is 11.8 Å². The molecule has 7 aromatic rings. The van der Waals surface area contributed by atoms with Crippen LogP contribution in [-0.4, -0.2) is 14.8 Å². The van der Waals surface area contributed by atoms with Crippen molar-refractivity contribution in [1.29, 1.82) is 0 Å². The van der Waals surface area contributed by atoms with E-state index in [2.05, 4.69) is 265 Å². The van der Waals surface area contributed by atoms with Crippen LogP contribution in [-0.2, 0) is 10.8 Å². The van der Waals surface area contributed by atoms with E-state index in [0.29, 0.717) is 23.3 Å². The predicted molar refractivity (Wildman–Crippen MR) is 330 cm³/mol. The van der Waals surface area contributed by atoms with Gasteiger partial charge in [0.1, 0.15) is 0 Å². The maximum atomic E-state index is 2.71. The van der Waals surface area contributed by atoms with Crippen LogP contribution in [0.25, 0.3) is 15.7 Å². The van der Waals surface area contributed by atoms with Crippen LogP contribution in [0, 0.1) is 11.8 Å². The van der Waals surface area contributed by atoms with Crippen molar-refractivity contribution in [3.63, 3.8) is 0 Å². The minimum atomic E-state index is -2.72. The summed E-state index contributed by atoms with van der Waals surface area (Å²) < 4.78 is 2.88. The number of benzene rings is 6. The third kappa shape index (κ3) is 7.68. The van der Waals surface area contributed by atoms with E-state index in [4.69, 9.17) is 0 Å². The summed E-state index contributed by atoms with van der Waals surface area (Å²) in [5.74, 6) is 1.50. The monoisotopic (exact) mass is 1010 g/mol. The molecule has 0 radical (unpaired) electrons. The van der Waals surface area contributed by atoms with Gasteiger partial charge in [-0.05, 0) is 164 Å². The molecule has 0 bridgehead atoms. The molecule has 3 heterocycles. The van der Waals surface area contributed by atoms with Crippen molar-refractivity contribution in [3.8, 4) is 0 Å². The Morgan fingerprint density at radius 2 is 1.35 bits per heavy atom. The van der Waals surface area contributed by atoms with Crippen LogP contribution in [0.3, 0.4) is 0 Å². The van der Waals surface area contributed by atoms with Gasteiger partial charge in [0.25, 0.3) is 6.71 Å². The molecule has 4 aliphatic carbocycles. The minimum absolute atomic E-state index is 0.0707. The summed E-state index contributed by atoms with van der Waals surface area (Å²) in [6, 6.07) is 51.0. The van der Waals surface area contributed by atoms with E-state index in [0.717, 1.165) is 25.7 Å². The first-order valence-electron chi connectivity index (χ1n) is 28.2. The third-order valence-electron chi connectivity index (χ3n) is 18.5. The van der Waals surface area contributed by atoms with E-state index in [9.17, 15) is 0 Å². The van der Waals surface area contributed by atoms with Gasteiger partial charge in [-0.15, -0.1) is 11.3 Å². The quantitative estimate of drug-likeness (QED) is 0.105. The van der Waals surface area contributed by atoms with Crippen molar-refractivity contribution in [1.82, 2.24) is 0 Å². The van der Waals surface area contributed by atoms with Crippen molar-refractivity contribution in [2.45, 2.75) is 116 Å². The number of fused-ring (bicyclic) bond motifs is 7. The van der Waals surface area contributed by atoms with Gasteiger partial charge in [-0.3, -0.25) is 0 Å². The standard InChI is InChI=1S/C70H71BN2SSi/c1-46(2)48-32-35-51(36-33-48)72-63-30-21-31-64-66(63)71(68-67(72)57-44-58-59(45-65(57)74-68)70(7,8)41-40-69(58,5)6)60-42-50(47(3)4)34-38-62(60)73(64)61-39-37-55(43-56(61)49-22-13-9-14-23-49)75(52-24-15-10-16-25-52,53-26-17-11-18-27-53)54-28-19-12-20-29-54/h9-13,15-22,24-28,30-32,34-39,42-48,54H,14,23,29,33,40-41H2,1-8H3. The van der Waals surface area contributed by atoms with Gasteiger partial charge in [0.05, 0.1) is 11.4 Å². The SMILES string of the molecule is CC(C)c1ccc2c(c1)B1c3sc4cc5c(cc4c3N(C3=CCC(C(C)C)C=C3)c3cccc(c31)N2c1ccc([Si](c2ccccc2)(c2ccccc2)C2C=CC=CC2)cc1C1=CC=CCC1)C(C)(C)CCC5(C)C. The van der Waals surface area contributed by atoms with E-state index in [1.165, 1.54) is 116 Å². The zero-order valence-corrected chi connectivity index (χ0v) is 47.1. The summed E-state index contributed by atoms with van der Waals surface area (Å²) in [5.41, 5.74) is 18.4. The molecule has 2 aliphatic heterocycles. The van der Waals surface area contributed by atoms with Crippen molar-refractivity contribution in [2.75, 3.05) is 9.80 Å². The van der Waals surface area contributed by atoms with Crippen LogP contribution in [0.1, 0.15) is 122 Å². The van der Waals surface area contributed by atoms with Crippen LogP contribution in [0.4, 0.5) is 28.4 Å². The second kappa shape index (κ2) is 18.4. The number of anilines is 5. The fraction of sp³-hybridized carbons (Fsp3) is 0.286. The lowest BCUT2D eigenvalue weighted by molar-refractivity contribution is 0.332. The number of hydrogen-bond donors (Lipinski definition) is 0. The fourth-order valence-corrected chi connectivity index (χ4v) is 20.8. The largest absolute Gasteiger partial charge is 0.311 e. The predicted octanol–water partition coefficient (Wildman–Crippen LogP) is 15.3. The molecule has 5 heteroatoms. The molecule has 2 nitrogen and oxygen atoms in total. The summed E-state index contributed by atoms with van der Waals surface area (Å²) in [6.45, 7) is 19.5. The number of nitrogens with zero attached hydrogens (tertiary/aromatic N) is 2. The van der Waals surface area contributed by atoms with Crippen LogP contribution in [0.2, 0.25) is 5.54 Å². The summed E-state index contributed by atoms with van der Waals surface area (Å²) in [4.78, 5) is 5.41. The first-order chi connectivity index (χ1) is 36.3. The van der Waals surface area contributed by atoms with E-state index < -0.39 is 8.07 Å². The first kappa shape index (κ1) is 48.3. The van der Waals surface area contributed by atoms with Gasteiger partial charge in [0, 0.05) is 43.2 Å². The van der Waals surface area contributed by atoms with Gasteiger partial charge in [0.2, 0.25) is 0 Å². The minimum Gasteiger partial charge on any atom is -0.311 e. The second-order valence-electron chi connectivity index (χ2n) is 24.5. The van der Waals surface area contributed by atoms with Gasteiger partial charge in [-0.25, -0.2) is 0 Å². The van der Waals surface area contributed by atoms with Gasteiger partial charge in [-0.1, -0.05) is 201 Å². The normalized spacial score (nSPS) is 20.0. The Morgan fingerprint density at radius 3 is 1.99 bits per heavy atom. The van der Waals surface area contributed by atoms with Gasteiger partial charge >= 0.3 is 0 Å². The van der Waals surface area contributed by atoms with Crippen LogP contribution in [0.5, 0.6) is 0 Å². The van der Waals surface area contributed by atoms with E-state index >= 15 is 0 Å². The number of rotatable bonds is 9. The Morgan fingerprint density at radius 1 is 0.640 bits per heavy atom. The van der Waals surface area contributed by atoms with Gasteiger partial charge in [0.15, 0.2) is 8.07 Å². The Hall–Kier alpha value is -6.40. The third-order valence-corrected chi connectivity index (χ3v) is 25.0. The maximum Gasteiger partial charge on any atom is 0.264 e. The van der Waals surface area contributed by atoms with Crippen molar-refractivity contribution >= 4 is 101 Å². The molecule has 6 aromatic carbocycles. The molecule has 0 spiro atoms. The molecule has 0 fully saturated rings. The molecule has 0 saturated heterocycles. The highest BCUT2D eigenvalue weighted by molar-refractivity contribution is 7.33. The highest BCUT2D eigenvalue weighted by Crippen LogP contribution is 2.53. The molecule has 0 saturated carbocycles. The Balaban J connectivity index is 1.09. The lowest BCUT2D eigenvalue weighted by Gasteiger charge is -2.45. The fourth-order valence-electron chi connectivity index (χ4n) is 14.2. The molecular weight excluding hydrogens is 940 g/mol. The van der Waals surface area contributed by atoms with Crippen LogP contribution >= 0.6 is 11.3 Å². The van der Waals surface area contributed by atoms with Gasteiger partial charge < -0.3 is 9.80 Å². The Kier molecular flexibility index (Phi) is 11.8. The maximum absolute atomic E-state index is 2.72. The topological polar surface area (TPSA) is 6.48 Å². The molecule has 0 N–H and O–H groups in total. The van der Waals surface area contributed by atoms with Crippen molar-refractivity contribution < 1.29 is 0 Å². The Bertz CT molecular complexity index is 3560. The smallest absolute Gasteiger partial charge is 0.264 e. The molecule has 6 aliphatic rings. The number of hydrogen-bond acceptors (Lipinski definition) is 3. The summed E-state index contributed by atoms with van der Waals surface area (Å²) in [7, 11) is -2.72. The molecule has 1 aromatic heterocycles. The lowest BCUT2D eigenvalue weighted by Crippen LogP contribution is -2.69. The lowest BCUT2D eigenvalue weighted by atomic mass is 9.36. The van der Waals surface area contributed by atoms with E-state index in [1.54, 1.807) is 0 Å². The van der Waals surface area contributed by atoms with Crippen molar-refractivity contribution in [3.05, 3.63) is 216 Å². The van der Waals surface area contributed by atoms with Gasteiger partial charge in [-0.2, -0.15) is 0 Å². The highest BCUT2D eigenvalue weighted by Gasteiger charge is 2.49. The highest BCUT2D eigenvalue weighted by atomic mass is 32.1.